The van der Waals surface area contributed by atoms with Gasteiger partial charge < -0.3 is 5.32 Å². The van der Waals surface area contributed by atoms with Crippen molar-refractivity contribution in [2.45, 2.75) is 33.2 Å². The lowest BCUT2D eigenvalue weighted by Gasteiger charge is -2.26. The van der Waals surface area contributed by atoms with Crippen molar-refractivity contribution in [2.24, 2.45) is 11.8 Å². The summed E-state index contributed by atoms with van der Waals surface area (Å²) in [5.74, 6) is 2.12. The maximum atomic E-state index is 11.8. The Morgan fingerprint density at radius 1 is 1.59 bits per heavy atom. The van der Waals surface area contributed by atoms with E-state index in [1.165, 1.54) is 6.33 Å². The van der Waals surface area contributed by atoms with Gasteiger partial charge in [-0.3, -0.25) is 4.79 Å². The number of hydrogen-bond acceptors (Lipinski definition) is 4. The highest BCUT2D eigenvalue weighted by atomic mass is 16.1. The van der Waals surface area contributed by atoms with Gasteiger partial charge in [0.1, 0.15) is 17.9 Å². The first-order chi connectivity index (χ1) is 8.15. The molecule has 1 aromatic rings. The van der Waals surface area contributed by atoms with Crippen molar-refractivity contribution in [3.05, 3.63) is 12.2 Å². The number of carbonyl (C=O) groups excluding carboxylic acids is 1. The fourth-order valence-electron chi connectivity index (χ4n) is 1.99. The Morgan fingerprint density at radius 3 is 2.94 bits per heavy atom. The highest BCUT2D eigenvalue weighted by Gasteiger charge is 2.21. The average molecular weight is 236 g/mol. The first kappa shape index (κ1) is 12.2. The summed E-state index contributed by atoms with van der Waals surface area (Å²) >= 11 is 0. The molecule has 1 saturated heterocycles. The second-order valence-corrected chi connectivity index (χ2v) is 5.20. The molecule has 5 heteroatoms. The lowest BCUT2D eigenvalue weighted by molar-refractivity contribution is -0.119. The van der Waals surface area contributed by atoms with E-state index < -0.39 is 0 Å². The molecule has 0 atom stereocenters. The third kappa shape index (κ3) is 3.36. The van der Waals surface area contributed by atoms with Crippen LogP contribution in [0.1, 0.15) is 26.1 Å². The van der Waals surface area contributed by atoms with Crippen LogP contribution >= 0.6 is 0 Å². The van der Waals surface area contributed by atoms with Crippen LogP contribution in [0.2, 0.25) is 0 Å². The predicted molar refractivity (Wildman–Crippen MR) is 64.5 cm³/mol. The predicted octanol–water partition coefficient (Wildman–Crippen LogP) is 0.655. The summed E-state index contributed by atoms with van der Waals surface area (Å²) in [4.78, 5) is 16.0. The van der Waals surface area contributed by atoms with Crippen LogP contribution in [-0.4, -0.2) is 33.6 Å². The van der Waals surface area contributed by atoms with Crippen LogP contribution in [0.4, 0.5) is 0 Å². The van der Waals surface area contributed by atoms with Gasteiger partial charge in [-0.25, -0.2) is 9.67 Å². The van der Waals surface area contributed by atoms with Gasteiger partial charge in [0.05, 0.1) is 6.42 Å². The molecule has 0 amide bonds. The summed E-state index contributed by atoms with van der Waals surface area (Å²) in [5.41, 5.74) is 0. The van der Waals surface area contributed by atoms with Gasteiger partial charge in [-0.1, -0.05) is 13.8 Å². The molecule has 94 valence electrons. The molecule has 0 bridgehead atoms. The minimum absolute atomic E-state index is 0.273. The van der Waals surface area contributed by atoms with Crippen molar-refractivity contribution < 1.29 is 4.79 Å². The van der Waals surface area contributed by atoms with Crippen molar-refractivity contribution >= 4 is 5.78 Å². The molecular formula is C12H20N4O. The van der Waals surface area contributed by atoms with Crippen LogP contribution in [0.25, 0.3) is 0 Å². The summed E-state index contributed by atoms with van der Waals surface area (Å²) in [6.07, 6.45) is 2.63. The molecule has 0 saturated carbocycles. The number of nitrogens with zero attached hydrogens (tertiary/aromatic N) is 3. The lowest BCUT2D eigenvalue weighted by Crippen LogP contribution is -2.43. The Kier molecular flexibility index (Phi) is 3.89. The number of Topliss-reactive ketones (excluding diaryl/α,β-unsaturated/α-hetero) is 1. The van der Waals surface area contributed by atoms with E-state index in [-0.39, 0.29) is 5.78 Å². The second kappa shape index (κ2) is 5.40. The van der Waals surface area contributed by atoms with E-state index in [1.807, 2.05) is 4.68 Å². The standard InChI is InChI=1S/C12H20N4O/c1-9(2)7-16-12(14-8-15-16)4-11(17)3-10-5-13-6-10/h8-10,13H,3-7H2,1-2H3. The van der Waals surface area contributed by atoms with Crippen LogP contribution in [0.15, 0.2) is 6.33 Å². The SMILES string of the molecule is CC(C)Cn1ncnc1CC(=O)CC1CNC1. The zero-order valence-corrected chi connectivity index (χ0v) is 10.5. The van der Waals surface area contributed by atoms with Crippen LogP contribution in [-0.2, 0) is 17.8 Å². The molecule has 1 N–H and O–H groups in total. The van der Waals surface area contributed by atoms with E-state index in [4.69, 9.17) is 0 Å². The van der Waals surface area contributed by atoms with Gasteiger partial charge in [-0.2, -0.15) is 5.10 Å². The highest BCUT2D eigenvalue weighted by molar-refractivity contribution is 5.80. The van der Waals surface area contributed by atoms with Gasteiger partial charge in [-0.15, -0.1) is 0 Å². The van der Waals surface area contributed by atoms with E-state index in [9.17, 15) is 4.79 Å². The molecule has 5 nitrogen and oxygen atoms in total. The third-order valence-corrected chi connectivity index (χ3v) is 2.97. The Labute approximate surface area is 102 Å². The second-order valence-electron chi connectivity index (χ2n) is 5.20. The Balaban J connectivity index is 1.88. The number of ketones is 1. The molecular weight excluding hydrogens is 216 g/mol. The maximum absolute atomic E-state index is 11.8. The summed E-state index contributed by atoms with van der Waals surface area (Å²) < 4.78 is 1.85. The molecule has 1 aliphatic rings. The molecule has 0 aromatic carbocycles. The van der Waals surface area contributed by atoms with Gasteiger partial charge in [0.15, 0.2) is 0 Å². The van der Waals surface area contributed by atoms with Gasteiger partial charge in [0.25, 0.3) is 0 Å². The number of hydrogen-bond donors (Lipinski definition) is 1. The Hall–Kier alpha value is -1.23. The first-order valence-electron chi connectivity index (χ1n) is 6.24. The normalized spacial score (nSPS) is 16.2. The van der Waals surface area contributed by atoms with E-state index in [0.717, 1.165) is 25.5 Å². The topological polar surface area (TPSA) is 59.8 Å². The third-order valence-electron chi connectivity index (χ3n) is 2.97. The maximum Gasteiger partial charge on any atom is 0.140 e. The molecule has 0 radical (unpaired) electrons. The van der Waals surface area contributed by atoms with Crippen LogP contribution < -0.4 is 5.32 Å². The van der Waals surface area contributed by atoms with Crippen molar-refractivity contribution in [1.82, 2.24) is 20.1 Å². The molecule has 17 heavy (non-hydrogen) atoms. The van der Waals surface area contributed by atoms with Gasteiger partial charge in [0.2, 0.25) is 0 Å². The Bertz CT molecular complexity index is 382. The van der Waals surface area contributed by atoms with Crippen molar-refractivity contribution in [2.75, 3.05) is 13.1 Å². The number of aromatic nitrogens is 3. The molecule has 0 spiro atoms. The van der Waals surface area contributed by atoms with E-state index in [1.54, 1.807) is 0 Å². The molecule has 0 aliphatic carbocycles. The number of rotatable bonds is 6. The number of carbonyl (C=O) groups is 1. The fraction of sp³-hybridized carbons (Fsp3) is 0.750. The fourth-order valence-corrected chi connectivity index (χ4v) is 1.99. The van der Waals surface area contributed by atoms with Crippen molar-refractivity contribution in [3.63, 3.8) is 0 Å². The summed E-state index contributed by atoms with van der Waals surface area (Å²) in [6, 6.07) is 0. The highest BCUT2D eigenvalue weighted by Crippen LogP contribution is 2.11. The molecule has 0 unspecified atom stereocenters. The summed E-state index contributed by atoms with van der Waals surface area (Å²) in [6.45, 7) is 7.04. The van der Waals surface area contributed by atoms with E-state index in [0.29, 0.717) is 24.7 Å². The molecule has 1 aliphatic heterocycles. The largest absolute Gasteiger partial charge is 0.316 e. The van der Waals surface area contributed by atoms with Gasteiger partial charge >= 0.3 is 0 Å². The first-order valence-corrected chi connectivity index (χ1v) is 6.24. The Morgan fingerprint density at radius 2 is 2.35 bits per heavy atom. The average Bonchev–Trinajstić information content (AvgIpc) is 2.59. The van der Waals surface area contributed by atoms with Crippen LogP contribution in [0, 0.1) is 11.8 Å². The molecule has 1 fully saturated rings. The monoisotopic (exact) mass is 236 g/mol. The summed E-state index contributed by atoms with van der Waals surface area (Å²) in [7, 11) is 0. The van der Waals surface area contributed by atoms with Gasteiger partial charge in [-0.05, 0) is 24.9 Å². The van der Waals surface area contributed by atoms with E-state index in [2.05, 4.69) is 29.2 Å². The van der Waals surface area contributed by atoms with Crippen molar-refractivity contribution in [1.29, 1.82) is 0 Å². The van der Waals surface area contributed by atoms with Gasteiger partial charge in [0, 0.05) is 13.0 Å². The van der Waals surface area contributed by atoms with Crippen LogP contribution in [0.3, 0.4) is 0 Å². The zero-order valence-electron chi connectivity index (χ0n) is 10.5. The molecule has 1 aromatic heterocycles. The van der Waals surface area contributed by atoms with Crippen molar-refractivity contribution in [3.8, 4) is 0 Å². The zero-order chi connectivity index (χ0) is 12.3. The summed E-state index contributed by atoms with van der Waals surface area (Å²) in [5, 5.41) is 7.34. The lowest BCUT2D eigenvalue weighted by atomic mass is 9.95. The minimum atomic E-state index is 0.273. The molecule has 2 heterocycles. The smallest absolute Gasteiger partial charge is 0.140 e. The quantitative estimate of drug-likeness (QED) is 0.788. The number of nitrogens with one attached hydrogen (secondary N) is 1. The van der Waals surface area contributed by atoms with Crippen LogP contribution in [0.5, 0.6) is 0 Å². The van der Waals surface area contributed by atoms with E-state index >= 15 is 0 Å². The molecule has 2 rings (SSSR count). The minimum Gasteiger partial charge on any atom is -0.316 e.